The van der Waals surface area contributed by atoms with Gasteiger partial charge in [0.05, 0.1) is 17.9 Å². The largest absolute Gasteiger partial charge is 0.456 e. The van der Waals surface area contributed by atoms with Crippen molar-refractivity contribution in [1.29, 1.82) is 0 Å². The molecule has 8 nitrogen and oxygen atoms in total. The summed E-state index contributed by atoms with van der Waals surface area (Å²) in [5.74, 6) is 1.89. The topological polar surface area (TPSA) is 112 Å². The Hall–Kier alpha value is -3.65. The Labute approximate surface area is 181 Å². The number of ether oxygens (including phenoxy) is 1. The predicted octanol–water partition coefficient (Wildman–Crippen LogP) is 3.13. The van der Waals surface area contributed by atoms with E-state index >= 15 is 0 Å². The van der Waals surface area contributed by atoms with Crippen LogP contribution in [0.3, 0.4) is 0 Å². The van der Waals surface area contributed by atoms with E-state index in [4.69, 9.17) is 21.3 Å². The van der Waals surface area contributed by atoms with E-state index in [2.05, 4.69) is 11.6 Å². The van der Waals surface area contributed by atoms with E-state index in [0.717, 1.165) is 24.2 Å². The van der Waals surface area contributed by atoms with Gasteiger partial charge in [0.25, 0.3) is 0 Å². The van der Waals surface area contributed by atoms with Crippen LogP contribution >= 0.6 is 0 Å². The van der Waals surface area contributed by atoms with E-state index in [0.29, 0.717) is 36.0 Å². The summed E-state index contributed by atoms with van der Waals surface area (Å²) in [7, 11) is 0. The van der Waals surface area contributed by atoms with Gasteiger partial charge in [-0.1, -0.05) is 24.8 Å². The van der Waals surface area contributed by atoms with Crippen LogP contribution in [0.4, 0.5) is 5.82 Å². The van der Waals surface area contributed by atoms with Gasteiger partial charge in [-0.05, 0) is 43.2 Å². The lowest BCUT2D eigenvalue weighted by molar-refractivity contribution is -0.127. The van der Waals surface area contributed by atoms with Gasteiger partial charge >= 0.3 is 0 Å². The fourth-order valence-electron chi connectivity index (χ4n) is 3.83. The first-order valence-corrected chi connectivity index (χ1v) is 10.3. The van der Waals surface area contributed by atoms with E-state index in [1.54, 1.807) is 11.1 Å². The highest BCUT2D eigenvalue weighted by Gasteiger charge is 2.27. The van der Waals surface area contributed by atoms with Crippen molar-refractivity contribution < 1.29 is 9.53 Å². The van der Waals surface area contributed by atoms with Crippen molar-refractivity contribution in [2.45, 2.75) is 25.4 Å². The Morgan fingerprint density at radius 3 is 2.52 bits per heavy atom. The maximum Gasteiger partial charge on any atom is 0.245 e. The lowest BCUT2D eigenvalue weighted by Crippen LogP contribution is -2.38. The smallest absolute Gasteiger partial charge is 0.245 e. The molecule has 1 aliphatic heterocycles. The summed E-state index contributed by atoms with van der Waals surface area (Å²) in [5, 5.41) is 4.76. The number of pyridine rings is 1. The van der Waals surface area contributed by atoms with Gasteiger partial charge in [0.15, 0.2) is 0 Å². The zero-order chi connectivity index (χ0) is 21.8. The molecule has 0 spiro atoms. The van der Waals surface area contributed by atoms with Gasteiger partial charge in [0, 0.05) is 25.2 Å². The van der Waals surface area contributed by atoms with E-state index in [1.165, 1.54) is 6.08 Å². The summed E-state index contributed by atoms with van der Waals surface area (Å²) in [5.41, 5.74) is 14.5. The van der Waals surface area contributed by atoms with Gasteiger partial charge in [-0.2, -0.15) is 5.10 Å². The third-order valence-electron chi connectivity index (χ3n) is 5.51. The molecule has 1 fully saturated rings. The first-order chi connectivity index (χ1) is 15.1. The lowest BCUT2D eigenvalue weighted by atomic mass is 10.0. The maximum absolute atomic E-state index is 11.8. The molecule has 4 N–H and O–H groups in total. The minimum absolute atomic E-state index is 0.0442. The Kier molecular flexibility index (Phi) is 5.99. The minimum atomic E-state index is -0.0442. The molecule has 2 aromatic heterocycles. The third kappa shape index (κ3) is 4.29. The number of anilines is 1. The lowest BCUT2D eigenvalue weighted by Gasteiger charge is -2.31. The van der Waals surface area contributed by atoms with Crippen LogP contribution in [-0.4, -0.2) is 38.7 Å². The van der Waals surface area contributed by atoms with E-state index in [-0.39, 0.29) is 18.5 Å². The molecule has 0 bridgehead atoms. The van der Waals surface area contributed by atoms with Crippen LogP contribution < -0.4 is 16.2 Å². The van der Waals surface area contributed by atoms with Crippen molar-refractivity contribution in [3.8, 4) is 22.9 Å². The second-order valence-electron chi connectivity index (χ2n) is 7.42. The summed E-state index contributed by atoms with van der Waals surface area (Å²) < 4.78 is 7.65. The third-order valence-corrected chi connectivity index (χ3v) is 5.51. The fourth-order valence-corrected chi connectivity index (χ4v) is 3.83. The van der Waals surface area contributed by atoms with Crippen molar-refractivity contribution in [3.63, 3.8) is 0 Å². The van der Waals surface area contributed by atoms with Crippen molar-refractivity contribution in [3.05, 3.63) is 66.9 Å². The molecule has 0 aliphatic carbocycles. The average Bonchev–Trinajstić information content (AvgIpc) is 3.16. The van der Waals surface area contributed by atoms with Gasteiger partial charge in [0.1, 0.15) is 23.0 Å². The first kappa shape index (κ1) is 20.6. The van der Waals surface area contributed by atoms with Gasteiger partial charge in [-0.3, -0.25) is 9.78 Å². The van der Waals surface area contributed by atoms with Gasteiger partial charge in [-0.25, -0.2) is 4.68 Å². The minimum Gasteiger partial charge on any atom is -0.456 e. The summed E-state index contributed by atoms with van der Waals surface area (Å²) in [6.45, 7) is 5.11. The second-order valence-corrected chi connectivity index (χ2v) is 7.42. The molecule has 0 saturated carbocycles. The van der Waals surface area contributed by atoms with Gasteiger partial charge < -0.3 is 21.1 Å². The van der Waals surface area contributed by atoms with E-state index < -0.39 is 0 Å². The number of para-hydroxylation sites is 1. The number of carbonyl (C=O) groups is 1. The molecule has 1 aromatic carbocycles. The summed E-state index contributed by atoms with van der Waals surface area (Å²) in [4.78, 5) is 18.2. The SMILES string of the molecule is C=CC(=O)N1CCC(n2nc(-c3ccc(Oc4ccccc4)cn3)c(CN)c2N)CC1. The molecule has 4 rings (SSSR count). The molecule has 31 heavy (non-hydrogen) atoms. The highest BCUT2D eigenvalue weighted by atomic mass is 16.5. The molecule has 1 aliphatic rings. The number of amides is 1. The molecule has 0 unspecified atom stereocenters. The molecule has 160 valence electrons. The van der Waals surface area contributed by atoms with Crippen LogP contribution in [0.5, 0.6) is 11.5 Å². The highest BCUT2D eigenvalue weighted by molar-refractivity contribution is 5.87. The molecule has 3 heterocycles. The normalized spacial score (nSPS) is 14.4. The molecule has 1 saturated heterocycles. The van der Waals surface area contributed by atoms with Crippen molar-refractivity contribution in [2.75, 3.05) is 18.8 Å². The molecule has 0 atom stereocenters. The number of nitrogens with zero attached hydrogens (tertiary/aromatic N) is 4. The summed E-state index contributed by atoms with van der Waals surface area (Å²) >= 11 is 0. The second kappa shape index (κ2) is 9.01. The van der Waals surface area contributed by atoms with Crippen LogP contribution in [-0.2, 0) is 11.3 Å². The Morgan fingerprint density at radius 1 is 1.16 bits per heavy atom. The number of carbonyl (C=O) groups excluding carboxylic acids is 1. The number of hydrogen-bond acceptors (Lipinski definition) is 6. The number of nitrogens with two attached hydrogens (primary N) is 2. The zero-order valence-electron chi connectivity index (χ0n) is 17.3. The zero-order valence-corrected chi connectivity index (χ0v) is 17.3. The first-order valence-electron chi connectivity index (χ1n) is 10.3. The summed E-state index contributed by atoms with van der Waals surface area (Å²) in [6.07, 6.45) is 4.56. The number of likely N-dealkylation sites (tertiary alicyclic amines) is 1. The summed E-state index contributed by atoms with van der Waals surface area (Å²) in [6, 6.07) is 13.3. The number of hydrogen-bond donors (Lipinski definition) is 2. The van der Waals surface area contributed by atoms with Crippen LogP contribution in [0, 0.1) is 0 Å². The van der Waals surface area contributed by atoms with Crippen LogP contribution in [0.1, 0.15) is 24.4 Å². The van der Waals surface area contributed by atoms with Crippen LogP contribution in [0.2, 0.25) is 0 Å². The molecular weight excluding hydrogens is 392 g/mol. The predicted molar refractivity (Wildman–Crippen MR) is 119 cm³/mol. The molecule has 3 aromatic rings. The molecule has 8 heteroatoms. The average molecular weight is 419 g/mol. The fraction of sp³-hybridized carbons (Fsp3) is 0.261. The molecule has 1 amide bonds. The van der Waals surface area contributed by atoms with Crippen molar-refractivity contribution in [2.24, 2.45) is 5.73 Å². The van der Waals surface area contributed by atoms with Gasteiger partial charge in [-0.15, -0.1) is 0 Å². The van der Waals surface area contributed by atoms with E-state index in [1.807, 2.05) is 47.1 Å². The molecular formula is C23H26N6O2. The Morgan fingerprint density at radius 2 is 1.90 bits per heavy atom. The number of benzene rings is 1. The standard InChI is InChI=1S/C23H26N6O2/c1-2-21(30)28-12-10-16(11-13-28)29-23(25)19(14-24)22(27-29)20-9-8-18(15-26-20)31-17-6-4-3-5-7-17/h2-9,15-16H,1,10-14,24-25H2. The van der Waals surface area contributed by atoms with Crippen molar-refractivity contribution >= 4 is 11.7 Å². The number of rotatable bonds is 6. The highest BCUT2D eigenvalue weighted by Crippen LogP contribution is 2.32. The molecule has 0 radical (unpaired) electrons. The Bertz CT molecular complexity index is 1050. The number of aromatic nitrogens is 3. The Balaban J connectivity index is 1.54. The van der Waals surface area contributed by atoms with Gasteiger partial charge in [0.2, 0.25) is 5.91 Å². The monoisotopic (exact) mass is 418 g/mol. The van der Waals surface area contributed by atoms with Crippen LogP contribution in [0.15, 0.2) is 61.3 Å². The number of piperidine rings is 1. The van der Waals surface area contributed by atoms with Crippen molar-refractivity contribution in [1.82, 2.24) is 19.7 Å². The van der Waals surface area contributed by atoms with E-state index in [9.17, 15) is 4.79 Å². The van der Waals surface area contributed by atoms with Crippen LogP contribution in [0.25, 0.3) is 11.4 Å². The quantitative estimate of drug-likeness (QED) is 0.595. The maximum atomic E-state index is 11.8. The number of nitrogen functional groups attached to an aromatic ring is 1.